The maximum absolute atomic E-state index is 13.2. The van der Waals surface area contributed by atoms with E-state index in [-0.39, 0.29) is 11.9 Å². The van der Waals surface area contributed by atoms with Gasteiger partial charge in [0, 0.05) is 48.2 Å². The Morgan fingerprint density at radius 1 is 1.11 bits per heavy atom. The fourth-order valence-corrected chi connectivity index (χ4v) is 3.19. The molecule has 0 atom stereocenters. The number of pyridine rings is 1. The van der Waals surface area contributed by atoms with E-state index in [2.05, 4.69) is 10.1 Å². The highest BCUT2D eigenvalue weighted by Crippen LogP contribution is 2.21. The minimum Gasteiger partial charge on any atom is -0.332 e. The summed E-state index contributed by atoms with van der Waals surface area (Å²) in [6.07, 6.45) is 1.77. The molecule has 0 saturated heterocycles. The lowest BCUT2D eigenvalue weighted by molar-refractivity contribution is 0.0690. The number of aryl methyl sites for hydroxylation is 2. The average molecular weight is 362 g/mol. The van der Waals surface area contributed by atoms with Crippen LogP contribution in [0.1, 0.15) is 41.2 Å². The fraction of sp³-hybridized carbons (Fsp3) is 0.318. The summed E-state index contributed by atoms with van der Waals surface area (Å²) in [4.78, 5) is 19.4. The highest BCUT2D eigenvalue weighted by molar-refractivity contribution is 5.94. The van der Waals surface area contributed by atoms with Gasteiger partial charge in [-0.25, -0.2) is 0 Å². The van der Waals surface area contributed by atoms with Crippen LogP contribution in [0.15, 0.2) is 48.7 Å². The zero-order chi connectivity index (χ0) is 19.6. The van der Waals surface area contributed by atoms with Gasteiger partial charge in [0.15, 0.2) is 0 Å². The van der Waals surface area contributed by atoms with Crippen molar-refractivity contribution in [3.8, 4) is 11.3 Å². The molecular weight excluding hydrogens is 336 g/mol. The number of nitrogens with zero attached hydrogens (tertiary/aromatic N) is 4. The summed E-state index contributed by atoms with van der Waals surface area (Å²) in [5, 5.41) is 4.47. The summed E-state index contributed by atoms with van der Waals surface area (Å²) in [5.41, 5.74) is 5.77. The van der Waals surface area contributed by atoms with Gasteiger partial charge >= 0.3 is 0 Å². The topological polar surface area (TPSA) is 51.0 Å². The van der Waals surface area contributed by atoms with Crippen molar-refractivity contribution in [1.82, 2.24) is 19.7 Å². The average Bonchev–Trinajstić information content (AvgIpc) is 2.91. The molecule has 5 nitrogen and oxygen atoms in total. The van der Waals surface area contributed by atoms with Crippen LogP contribution in [0, 0.1) is 13.8 Å². The first-order chi connectivity index (χ1) is 12.9. The van der Waals surface area contributed by atoms with Crippen molar-refractivity contribution in [2.45, 2.75) is 40.3 Å². The number of carbonyl (C=O) groups excluding carboxylic acids is 1. The second kappa shape index (κ2) is 7.74. The largest absolute Gasteiger partial charge is 0.332 e. The molecule has 0 aliphatic rings. The van der Waals surface area contributed by atoms with E-state index in [4.69, 9.17) is 0 Å². The second-order valence-corrected chi connectivity index (χ2v) is 7.09. The first-order valence-corrected chi connectivity index (χ1v) is 9.20. The van der Waals surface area contributed by atoms with Gasteiger partial charge in [-0.15, -0.1) is 0 Å². The minimum atomic E-state index is 0.0280. The predicted molar refractivity (Wildman–Crippen MR) is 107 cm³/mol. The number of carbonyl (C=O) groups is 1. The van der Waals surface area contributed by atoms with Crippen molar-refractivity contribution in [2.75, 3.05) is 0 Å². The van der Waals surface area contributed by atoms with Crippen LogP contribution in [-0.4, -0.2) is 31.6 Å². The number of hydrogen-bond donors (Lipinski definition) is 0. The van der Waals surface area contributed by atoms with Crippen LogP contribution in [0.5, 0.6) is 0 Å². The van der Waals surface area contributed by atoms with E-state index in [1.54, 1.807) is 6.20 Å². The van der Waals surface area contributed by atoms with Crippen molar-refractivity contribution in [3.05, 3.63) is 71.2 Å². The van der Waals surface area contributed by atoms with Crippen LogP contribution >= 0.6 is 0 Å². The van der Waals surface area contributed by atoms with Crippen molar-refractivity contribution < 1.29 is 4.79 Å². The van der Waals surface area contributed by atoms with Crippen molar-refractivity contribution in [3.63, 3.8) is 0 Å². The summed E-state index contributed by atoms with van der Waals surface area (Å²) in [6.45, 7) is 8.68. The number of hydrogen-bond acceptors (Lipinski definition) is 3. The van der Waals surface area contributed by atoms with Gasteiger partial charge in [-0.3, -0.25) is 14.5 Å². The molecule has 2 heterocycles. The molecule has 3 rings (SSSR count). The van der Waals surface area contributed by atoms with Crippen molar-refractivity contribution in [2.24, 2.45) is 7.05 Å². The molecule has 27 heavy (non-hydrogen) atoms. The Kier molecular flexibility index (Phi) is 5.40. The fourth-order valence-electron chi connectivity index (χ4n) is 3.19. The van der Waals surface area contributed by atoms with Crippen LogP contribution in [-0.2, 0) is 13.6 Å². The Morgan fingerprint density at radius 2 is 1.81 bits per heavy atom. The Labute approximate surface area is 160 Å². The quantitative estimate of drug-likeness (QED) is 0.685. The van der Waals surface area contributed by atoms with E-state index in [9.17, 15) is 4.79 Å². The van der Waals surface area contributed by atoms with Crippen LogP contribution in [0.3, 0.4) is 0 Å². The predicted octanol–water partition coefficient (Wildman–Crippen LogP) is 4.15. The highest BCUT2D eigenvalue weighted by Gasteiger charge is 2.22. The lowest BCUT2D eigenvalue weighted by Gasteiger charge is -2.27. The van der Waals surface area contributed by atoms with Gasteiger partial charge in [-0.1, -0.05) is 18.2 Å². The molecule has 0 radical (unpaired) electrons. The zero-order valence-corrected chi connectivity index (χ0v) is 16.6. The third-order valence-electron chi connectivity index (χ3n) is 4.96. The molecule has 0 aliphatic heterocycles. The molecular formula is C22H26N4O. The first kappa shape index (κ1) is 18.8. The molecule has 1 aromatic carbocycles. The van der Waals surface area contributed by atoms with Crippen LogP contribution in [0.25, 0.3) is 11.3 Å². The monoisotopic (exact) mass is 362 g/mol. The smallest absolute Gasteiger partial charge is 0.254 e. The summed E-state index contributed by atoms with van der Waals surface area (Å²) in [7, 11) is 1.93. The molecule has 0 unspecified atom stereocenters. The summed E-state index contributed by atoms with van der Waals surface area (Å²) >= 11 is 0. The molecule has 0 saturated carbocycles. The number of rotatable bonds is 5. The minimum absolute atomic E-state index is 0.0280. The van der Waals surface area contributed by atoms with Crippen molar-refractivity contribution in [1.29, 1.82) is 0 Å². The maximum atomic E-state index is 13.2. The van der Waals surface area contributed by atoms with E-state index in [1.807, 2.05) is 86.8 Å². The number of amides is 1. The van der Waals surface area contributed by atoms with Gasteiger partial charge < -0.3 is 4.90 Å². The molecule has 0 aliphatic carbocycles. The first-order valence-electron chi connectivity index (χ1n) is 9.20. The van der Waals surface area contributed by atoms with Gasteiger partial charge in [0.25, 0.3) is 5.91 Å². The van der Waals surface area contributed by atoms with Gasteiger partial charge in [0.2, 0.25) is 0 Å². The van der Waals surface area contributed by atoms with E-state index in [0.29, 0.717) is 12.1 Å². The van der Waals surface area contributed by atoms with Crippen LogP contribution in [0.2, 0.25) is 0 Å². The SMILES string of the molecule is Cc1nn(C)c(C)c1CN(C(=O)c1ccc(-c2ccccn2)cc1)C(C)C. The van der Waals surface area contributed by atoms with Crippen molar-refractivity contribution >= 4 is 5.91 Å². The molecule has 5 heteroatoms. The third kappa shape index (κ3) is 3.92. The maximum Gasteiger partial charge on any atom is 0.254 e. The summed E-state index contributed by atoms with van der Waals surface area (Å²) in [6, 6.07) is 13.6. The molecule has 0 fully saturated rings. The Bertz CT molecular complexity index is 927. The molecule has 0 N–H and O–H groups in total. The Hall–Kier alpha value is -2.95. The molecule has 140 valence electrons. The van der Waals surface area contributed by atoms with E-state index < -0.39 is 0 Å². The van der Waals surface area contributed by atoms with Gasteiger partial charge in [0.05, 0.1) is 11.4 Å². The lowest BCUT2D eigenvalue weighted by Crippen LogP contribution is -2.36. The molecule has 0 bridgehead atoms. The summed E-state index contributed by atoms with van der Waals surface area (Å²) in [5.74, 6) is 0.0280. The number of aromatic nitrogens is 3. The highest BCUT2D eigenvalue weighted by atomic mass is 16.2. The normalized spacial score (nSPS) is 11.0. The van der Waals surface area contributed by atoms with E-state index in [1.165, 1.54) is 0 Å². The molecule has 2 aromatic heterocycles. The summed E-state index contributed by atoms with van der Waals surface area (Å²) < 4.78 is 1.87. The standard InChI is InChI=1S/C22H26N4O/c1-15(2)26(14-20-16(3)24-25(5)17(20)4)22(27)19-11-9-18(10-12-19)21-8-6-7-13-23-21/h6-13,15H,14H2,1-5H3. The van der Waals surface area contributed by atoms with Gasteiger partial charge in [-0.2, -0.15) is 5.10 Å². The van der Waals surface area contributed by atoms with Crippen LogP contribution in [0.4, 0.5) is 0 Å². The molecule has 0 spiro atoms. The van der Waals surface area contributed by atoms with E-state index >= 15 is 0 Å². The zero-order valence-electron chi connectivity index (χ0n) is 16.6. The molecule has 1 amide bonds. The lowest BCUT2D eigenvalue weighted by atomic mass is 10.1. The Balaban J connectivity index is 1.85. The van der Waals surface area contributed by atoms with E-state index in [0.717, 1.165) is 28.2 Å². The molecule has 3 aromatic rings. The Morgan fingerprint density at radius 3 is 2.33 bits per heavy atom. The van der Waals surface area contributed by atoms with Gasteiger partial charge in [-0.05, 0) is 52.0 Å². The van der Waals surface area contributed by atoms with Crippen LogP contribution < -0.4 is 0 Å². The van der Waals surface area contributed by atoms with Gasteiger partial charge in [0.1, 0.15) is 0 Å². The second-order valence-electron chi connectivity index (χ2n) is 7.09. The number of benzene rings is 1. The third-order valence-corrected chi connectivity index (χ3v) is 4.96.